The molecule has 4 rings (SSSR count). The van der Waals surface area contributed by atoms with Crippen molar-refractivity contribution in [3.8, 4) is 5.75 Å². The third kappa shape index (κ3) is 2.08. The first-order chi connectivity index (χ1) is 9.81. The Morgan fingerprint density at radius 1 is 1.25 bits per heavy atom. The Balaban J connectivity index is 1.54. The normalized spacial score (nSPS) is 22.9. The van der Waals surface area contributed by atoms with Crippen LogP contribution in [-0.2, 0) is 6.42 Å². The molecule has 2 aliphatic rings. The minimum Gasteiger partial charge on any atom is -0.493 e. The SMILES string of the molecule is NC(c1nc(C2COc3ccccc3C2)no1)C1CC1. The van der Waals surface area contributed by atoms with Gasteiger partial charge in [-0.05, 0) is 36.8 Å². The zero-order valence-corrected chi connectivity index (χ0v) is 11.2. The molecule has 0 saturated heterocycles. The molecular weight excluding hydrogens is 254 g/mol. The largest absolute Gasteiger partial charge is 0.493 e. The van der Waals surface area contributed by atoms with Crippen LogP contribution in [0.5, 0.6) is 5.75 Å². The summed E-state index contributed by atoms with van der Waals surface area (Å²) in [6, 6.07) is 7.98. The molecule has 1 saturated carbocycles. The number of benzene rings is 1. The Morgan fingerprint density at radius 2 is 2.10 bits per heavy atom. The topological polar surface area (TPSA) is 74.2 Å². The van der Waals surface area contributed by atoms with Crippen molar-refractivity contribution >= 4 is 0 Å². The highest BCUT2D eigenvalue weighted by Crippen LogP contribution is 2.39. The van der Waals surface area contributed by atoms with Crippen molar-refractivity contribution in [1.82, 2.24) is 10.1 Å². The summed E-state index contributed by atoms with van der Waals surface area (Å²) in [5.41, 5.74) is 7.29. The smallest absolute Gasteiger partial charge is 0.243 e. The molecule has 2 N–H and O–H groups in total. The van der Waals surface area contributed by atoms with Gasteiger partial charge in [0.05, 0.1) is 18.6 Å². The Kier molecular flexibility index (Phi) is 2.73. The molecule has 5 heteroatoms. The minimum absolute atomic E-state index is 0.104. The van der Waals surface area contributed by atoms with E-state index in [1.54, 1.807) is 0 Å². The lowest BCUT2D eigenvalue weighted by atomic mass is 9.96. The third-order valence-corrected chi connectivity index (χ3v) is 4.12. The summed E-state index contributed by atoms with van der Waals surface area (Å²) in [6.45, 7) is 0.592. The number of hydrogen-bond donors (Lipinski definition) is 1. The number of rotatable bonds is 3. The first-order valence-corrected chi connectivity index (χ1v) is 7.11. The van der Waals surface area contributed by atoms with Crippen molar-refractivity contribution in [3.05, 3.63) is 41.5 Å². The van der Waals surface area contributed by atoms with Gasteiger partial charge in [0.15, 0.2) is 5.82 Å². The van der Waals surface area contributed by atoms with Gasteiger partial charge in [0.25, 0.3) is 0 Å². The molecule has 2 atom stereocenters. The van der Waals surface area contributed by atoms with Crippen LogP contribution in [0.15, 0.2) is 28.8 Å². The van der Waals surface area contributed by atoms with Gasteiger partial charge in [-0.3, -0.25) is 0 Å². The molecule has 1 aliphatic carbocycles. The summed E-state index contributed by atoms with van der Waals surface area (Å²) >= 11 is 0. The predicted octanol–water partition coefficient (Wildman–Crippen LogP) is 2.20. The maximum Gasteiger partial charge on any atom is 0.243 e. The Bertz CT molecular complexity index is 621. The lowest BCUT2D eigenvalue weighted by molar-refractivity contribution is 0.253. The summed E-state index contributed by atoms with van der Waals surface area (Å²) in [6.07, 6.45) is 3.21. The van der Waals surface area contributed by atoms with Crippen LogP contribution in [0.2, 0.25) is 0 Å². The van der Waals surface area contributed by atoms with Crippen LogP contribution in [0.25, 0.3) is 0 Å². The number of para-hydroxylation sites is 1. The van der Waals surface area contributed by atoms with E-state index in [0.29, 0.717) is 24.2 Å². The van der Waals surface area contributed by atoms with Gasteiger partial charge in [0, 0.05) is 0 Å². The molecule has 1 fully saturated rings. The van der Waals surface area contributed by atoms with Gasteiger partial charge >= 0.3 is 0 Å². The standard InChI is InChI=1S/C15H17N3O2/c16-13(9-5-6-9)15-17-14(18-20-15)11-7-10-3-1-2-4-12(10)19-8-11/h1-4,9,11,13H,5-8,16H2. The van der Waals surface area contributed by atoms with E-state index in [1.807, 2.05) is 18.2 Å². The van der Waals surface area contributed by atoms with E-state index in [0.717, 1.165) is 12.2 Å². The summed E-state index contributed by atoms with van der Waals surface area (Å²) in [5.74, 6) is 2.91. The van der Waals surface area contributed by atoms with Gasteiger partial charge in [-0.2, -0.15) is 4.98 Å². The van der Waals surface area contributed by atoms with Crippen LogP contribution >= 0.6 is 0 Å². The van der Waals surface area contributed by atoms with Crippen molar-refractivity contribution in [2.24, 2.45) is 11.7 Å². The van der Waals surface area contributed by atoms with Crippen LogP contribution in [0.3, 0.4) is 0 Å². The van der Waals surface area contributed by atoms with Crippen LogP contribution in [-0.4, -0.2) is 16.7 Å². The van der Waals surface area contributed by atoms with Gasteiger partial charge in [0.1, 0.15) is 5.75 Å². The second-order valence-electron chi connectivity index (χ2n) is 5.67. The fraction of sp³-hybridized carbons (Fsp3) is 0.467. The maximum atomic E-state index is 6.09. The maximum absolute atomic E-state index is 6.09. The minimum atomic E-state index is -0.104. The van der Waals surface area contributed by atoms with Crippen LogP contribution in [0, 0.1) is 5.92 Å². The molecule has 0 amide bonds. The van der Waals surface area contributed by atoms with Gasteiger partial charge in [-0.25, -0.2) is 0 Å². The average Bonchev–Trinajstić information content (AvgIpc) is 3.23. The van der Waals surface area contributed by atoms with E-state index in [2.05, 4.69) is 16.2 Å². The number of ether oxygens (including phenoxy) is 1. The van der Waals surface area contributed by atoms with E-state index in [1.165, 1.54) is 18.4 Å². The average molecular weight is 271 g/mol. The summed E-state index contributed by atoms with van der Waals surface area (Å²) in [5, 5.41) is 4.10. The fourth-order valence-corrected chi connectivity index (χ4v) is 2.70. The summed E-state index contributed by atoms with van der Waals surface area (Å²) < 4.78 is 11.1. The van der Waals surface area contributed by atoms with Crippen LogP contribution < -0.4 is 10.5 Å². The number of nitrogens with zero attached hydrogens (tertiary/aromatic N) is 2. The molecule has 104 valence electrons. The highest BCUT2D eigenvalue weighted by molar-refractivity contribution is 5.36. The van der Waals surface area contributed by atoms with E-state index >= 15 is 0 Å². The van der Waals surface area contributed by atoms with Crippen LogP contribution in [0.4, 0.5) is 0 Å². The Labute approximate surface area is 117 Å². The first kappa shape index (κ1) is 11.9. The lowest BCUT2D eigenvalue weighted by Crippen LogP contribution is -2.20. The van der Waals surface area contributed by atoms with Crippen molar-refractivity contribution in [3.63, 3.8) is 0 Å². The van der Waals surface area contributed by atoms with Gasteiger partial charge in [0.2, 0.25) is 5.89 Å². The van der Waals surface area contributed by atoms with E-state index in [-0.39, 0.29) is 12.0 Å². The number of aromatic nitrogens is 2. The molecule has 0 radical (unpaired) electrons. The number of hydrogen-bond acceptors (Lipinski definition) is 5. The fourth-order valence-electron chi connectivity index (χ4n) is 2.70. The highest BCUT2D eigenvalue weighted by Gasteiger charge is 2.34. The van der Waals surface area contributed by atoms with Gasteiger partial charge in [-0.15, -0.1) is 0 Å². The molecule has 2 unspecified atom stereocenters. The summed E-state index contributed by atoms with van der Waals surface area (Å²) in [4.78, 5) is 4.49. The van der Waals surface area contributed by atoms with Crippen LogP contribution in [0.1, 0.15) is 42.1 Å². The lowest BCUT2D eigenvalue weighted by Gasteiger charge is -2.22. The van der Waals surface area contributed by atoms with E-state index < -0.39 is 0 Å². The number of fused-ring (bicyclic) bond motifs is 1. The molecule has 5 nitrogen and oxygen atoms in total. The van der Waals surface area contributed by atoms with E-state index in [9.17, 15) is 0 Å². The third-order valence-electron chi connectivity index (χ3n) is 4.12. The zero-order valence-electron chi connectivity index (χ0n) is 11.2. The van der Waals surface area contributed by atoms with E-state index in [4.69, 9.17) is 15.0 Å². The Hall–Kier alpha value is -1.88. The van der Waals surface area contributed by atoms with Crippen molar-refractivity contribution < 1.29 is 9.26 Å². The van der Waals surface area contributed by atoms with Crippen molar-refractivity contribution in [2.45, 2.75) is 31.2 Å². The molecule has 2 heterocycles. The predicted molar refractivity (Wildman–Crippen MR) is 72.3 cm³/mol. The molecule has 1 aromatic heterocycles. The molecule has 1 aliphatic heterocycles. The zero-order chi connectivity index (χ0) is 13.5. The summed E-state index contributed by atoms with van der Waals surface area (Å²) in [7, 11) is 0. The first-order valence-electron chi connectivity index (χ1n) is 7.11. The second kappa shape index (κ2) is 4.59. The van der Waals surface area contributed by atoms with Crippen molar-refractivity contribution in [2.75, 3.05) is 6.61 Å². The molecule has 20 heavy (non-hydrogen) atoms. The molecule has 0 spiro atoms. The quantitative estimate of drug-likeness (QED) is 0.926. The Morgan fingerprint density at radius 3 is 2.95 bits per heavy atom. The van der Waals surface area contributed by atoms with Gasteiger partial charge < -0.3 is 15.0 Å². The highest BCUT2D eigenvalue weighted by atomic mass is 16.5. The monoisotopic (exact) mass is 271 g/mol. The molecule has 1 aromatic carbocycles. The molecular formula is C15H17N3O2. The van der Waals surface area contributed by atoms with Gasteiger partial charge in [-0.1, -0.05) is 23.4 Å². The second-order valence-corrected chi connectivity index (χ2v) is 5.67. The molecule has 0 bridgehead atoms. The molecule has 2 aromatic rings. The number of nitrogens with two attached hydrogens (primary N) is 1. The van der Waals surface area contributed by atoms with Crippen molar-refractivity contribution in [1.29, 1.82) is 0 Å².